The fourth-order valence-electron chi connectivity index (χ4n) is 3.40. The number of hydrogen-bond donors (Lipinski definition) is 1. The molecule has 0 aliphatic carbocycles. The Balaban J connectivity index is 1.38. The number of para-hydroxylation sites is 1. The topological polar surface area (TPSA) is 74.7 Å². The standard InChI is InChI=1S/C23H22N4O2S/c1-16(18-7-2-9-19(14-18)27-13-5-11-22(27)29)25-26-21(28)15-30-20-10-3-6-17-8-4-12-24-23(17)20/h2-4,6-10,12,14H,5,11,13,15H2,1H3,(H,26,28)/b25-16-. The molecular formula is C23H22N4O2S. The summed E-state index contributed by atoms with van der Waals surface area (Å²) in [4.78, 5) is 31.4. The predicted molar refractivity (Wildman–Crippen MR) is 121 cm³/mol. The van der Waals surface area contributed by atoms with Gasteiger partial charge in [-0.05, 0) is 43.2 Å². The molecule has 0 spiro atoms. The number of hydrogen-bond acceptors (Lipinski definition) is 5. The highest BCUT2D eigenvalue weighted by Crippen LogP contribution is 2.26. The summed E-state index contributed by atoms with van der Waals surface area (Å²) < 4.78 is 0. The van der Waals surface area contributed by atoms with Gasteiger partial charge in [0.1, 0.15) is 0 Å². The van der Waals surface area contributed by atoms with Crippen LogP contribution >= 0.6 is 11.8 Å². The highest BCUT2D eigenvalue weighted by Gasteiger charge is 2.21. The quantitative estimate of drug-likeness (QED) is 0.373. The second-order valence-electron chi connectivity index (χ2n) is 7.05. The third-order valence-corrected chi connectivity index (χ3v) is 6.00. The number of benzene rings is 2. The molecule has 2 heterocycles. The Labute approximate surface area is 179 Å². The monoisotopic (exact) mass is 418 g/mol. The molecular weight excluding hydrogens is 396 g/mol. The lowest BCUT2D eigenvalue weighted by atomic mass is 10.1. The highest BCUT2D eigenvalue weighted by atomic mass is 32.2. The van der Waals surface area contributed by atoms with Gasteiger partial charge < -0.3 is 4.90 Å². The lowest BCUT2D eigenvalue weighted by molar-refractivity contribution is -0.118. The summed E-state index contributed by atoms with van der Waals surface area (Å²) in [6.45, 7) is 2.59. The maximum Gasteiger partial charge on any atom is 0.250 e. The number of pyridine rings is 1. The zero-order chi connectivity index (χ0) is 20.9. The van der Waals surface area contributed by atoms with Gasteiger partial charge >= 0.3 is 0 Å². The fourth-order valence-corrected chi connectivity index (χ4v) is 4.23. The van der Waals surface area contributed by atoms with Crippen molar-refractivity contribution >= 4 is 45.9 Å². The normalized spacial score (nSPS) is 14.4. The van der Waals surface area contributed by atoms with Crippen LogP contribution in [-0.2, 0) is 9.59 Å². The van der Waals surface area contributed by atoms with Crippen molar-refractivity contribution in [3.63, 3.8) is 0 Å². The summed E-state index contributed by atoms with van der Waals surface area (Å²) in [6.07, 6.45) is 3.23. The maximum absolute atomic E-state index is 12.3. The SMILES string of the molecule is C/C(=N/NC(=O)CSc1cccc2cccnc12)c1cccc(N2CCCC2=O)c1. The van der Waals surface area contributed by atoms with E-state index in [1.165, 1.54) is 11.8 Å². The first-order valence-electron chi connectivity index (χ1n) is 9.82. The van der Waals surface area contributed by atoms with Crippen LogP contribution in [0.5, 0.6) is 0 Å². The van der Waals surface area contributed by atoms with Crippen molar-refractivity contribution in [3.05, 3.63) is 66.4 Å². The van der Waals surface area contributed by atoms with Gasteiger partial charge in [0, 0.05) is 35.1 Å². The van der Waals surface area contributed by atoms with Crippen molar-refractivity contribution in [3.8, 4) is 0 Å². The van der Waals surface area contributed by atoms with E-state index in [9.17, 15) is 9.59 Å². The summed E-state index contributed by atoms with van der Waals surface area (Å²) >= 11 is 1.44. The van der Waals surface area contributed by atoms with Crippen molar-refractivity contribution in [2.45, 2.75) is 24.7 Å². The second kappa shape index (κ2) is 9.09. The van der Waals surface area contributed by atoms with E-state index in [2.05, 4.69) is 15.5 Å². The molecule has 7 heteroatoms. The van der Waals surface area contributed by atoms with Gasteiger partial charge in [0.25, 0.3) is 0 Å². The van der Waals surface area contributed by atoms with Crippen LogP contribution in [0.1, 0.15) is 25.3 Å². The first kappa shape index (κ1) is 20.1. The number of fused-ring (bicyclic) bond motifs is 1. The molecule has 1 N–H and O–H groups in total. The number of carbonyl (C=O) groups is 2. The zero-order valence-corrected chi connectivity index (χ0v) is 17.5. The molecule has 0 bridgehead atoms. The van der Waals surface area contributed by atoms with E-state index in [-0.39, 0.29) is 17.6 Å². The molecule has 2 amide bonds. The van der Waals surface area contributed by atoms with E-state index in [1.54, 1.807) is 11.1 Å². The number of aromatic nitrogens is 1. The minimum Gasteiger partial charge on any atom is -0.312 e. The lowest BCUT2D eigenvalue weighted by Gasteiger charge is -2.16. The van der Waals surface area contributed by atoms with E-state index in [1.807, 2.05) is 61.5 Å². The average molecular weight is 419 g/mol. The molecule has 6 nitrogen and oxygen atoms in total. The van der Waals surface area contributed by atoms with Crippen LogP contribution in [0.4, 0.5) is 5.69 Å². The summed E-state index contributed by atoms with van der Waals surface area (Å²) in [6, 6.07) is 17.5. The molecule has 0 radical (unpaired) electrons. The van der Waals surface area contributed by atoms with Crippen molar-refractivity contribution in [2.75, 3.05) is 17.2 Å². The maximum atomic E-state index is 12.3. The first-order chi connectivity index (χ1) is 14.6. The Morgan fingerprint density at radius 1 is 1.20 bits per heavy atom. The predicted octanol–water partition coefficient (Wildman–Crippen LogP) is 3.99. The third-order valence-electron chi connectivity index (χ3n) is 4.95. The molecule has 1 aromatic heterocycles. The van der Waals surface area contributed by atoms with E-state index in [0.717, 1.165) is 40.0 Å². The van der Waals surface area contributed by atoms with Crippen molar-refractivity contribution in [2.24, 2.45) is 5.10 Å². The van der Waals surface area contributed by atoms with Gasteiger partial charge in [-0.1, -0.05) is 30.3 Å². The minimum atomic E-state index is -0.182. The molecule has 1 aliphatic rings. The van der Waals surface area contributed by atoms with Gasteiger partial charge in [0.05, 0.1) is 17.0 Å². The van der Waals surface area contributed by atoms with E-state index < -0.39 is 0 Å². The zero-order valence-electron chi connectivity index (χ0n) is 16.7. The van der Waals surface area contributed by atoms with Crippen LogP contribution in [0.15, 0.2) is 70.8 Å². The Bertz CT molecular complexity index is 1120. The molecule has 3 aromatic rings. The Morgan fingerprint density at radius 2 is 2.03 bits per heavy atom. The third kappa shape index (κ3) is 4.52. The van der Waals surface area contributed by atoms with E-state index >= 15 is 0 Å². The highest BCUT2D eigenvalue weighted by molar-refractivity contribution is 8.00. The largest absolute Gasteiger partial charge is 0.312 e. The minimum absolute atomic E-state index is 0.148. The van der Waals surface area contributed by atoms with Gasteiger partial charge in [-0.2, -0.15) is 5.10 Å². The summed E-state index contributed by atoms with van der Waals surface area (Å²) in [5.41, 5.74) is 5.95. The van der Waals surface area contributed by atoms with Crippen LogP contribution in [0.3, 0.4) is 0 Å². The summed E-state index contributed by atoms with van der Waals surface area (Å²) in [7, 11) is 0. The number of amides is 2. The van der Waals surface area contributed by atoms with Crippen LogP contribution < -0.4 is 10.3 Å². The van der Waals surface area contributed by atoms with Gasteiger partial charge in [0.15, 0.2) is 0 Å². The second-order valence-corrected chi connectivity index (χ2v) is 8.07. The lowest BCUT2D eigenvalue weighted by Crippen LogP contribution is -2.24. The Kier molecular flexibility index (Phi) is 6.09. The van der Waals surface area contributed by atoms with Crippen LogP contribution in [-0.4, -0.2) is 34.8 Å². The average Bonchev–Trinajstić information content (AvgIpc) is 3.22. The number of thioether (sulfide) groups is 1. The number of hydrazone groups is 1. The van der Waals surface area contributed by atoms with Gasteiger partial charge in [-0.25, -0.2) is 5.43 Å². The summed E-state index contributed by atoms with van der Waals surface area (Å²) in [5, 5.41) is 5.29. The van der Waals surface area contributed by atoms with Gasteiger partial charge in [-0.3, -0.25) is 14.6 Å². The van der Waals surface area contributed by atoms with Gasteiger partial charge in [0.2, 0.25) is 11.8 Å². The summed E-state index contributed by atoms with van der Waals surface area (Å²) in [5.74, 6) is 0.211. The van der Waals surface area contributed by atoms with Crippen molar-refractivity contribution in [1.82, 2.24) is 10.4 Å². The Hall–Kier alpha value is -3.19. The number of nitrogens with zero attached hydrogens (tertiary/aromatic N) is 3. The van der Waals surface area contributed by atoms with E-state index in [0.29, 0.717) is 12.1 Å². The molecule has 1 aliphatic heterocycles. The number of rotatable bonds is 6. The smallest absolute Gasteiger partial charge is 0.250 e. The van der Waals surface area contributed by atoms with Crippen LogP contribution in [0, 0.1) is 0 Å². The molecule has 0 unspecified atom stereocenters. The van der Waals surface area contributed by atoms with E-state index in [4.69, 9.17) is 0 Å². The number of anilines is 1. The molecule has 0 atom stereocenters. The molecule has 1 fully saturated rings. The molecule has 152 valence electrons. The van der Waals surface area contributed by atoms with Gasteiger partial charge in [-0.15, -0.1) is 11.8 Å². The molecule has 4 rings (SSSR count). The first-order valence-corrected chi connectivity index (χ1v) is 10.8. The molecule has 30 heavy (non-hydrogen) atoms. The van der Waals surface area contributed by atoms with Crippen molar-refractivity contribution in [1.29, 1.82) is 0 Å². The van der Waals surface area contributed by atoms with Crippen molar-refractivity contribution < 1.29 is 9.59 Å². The fraction of sp³-hybridized carbons (Fsp3) is 0.217. The van der Waals surface area contributed by atoms with Crippen LogP contribution in [0.2, 0.25) is 0 Å². The number of carbonyl (C=O) groups excluding carboxylic acids is 2. The molecule has 2 aromatic carbocycles. The number of nitrogens with one attached hydrogen (secondary N) is 1. The molecule has 0 saturated carbocycles. The Morgan fingerprint density at radius 3 is 2.87 bits per heavy atom. The molecule has 1 saturated heterocycles. The van der Waals surface area contributed by atoms with Crippen LogP contribution in [0.25, 0.3) is 10.9 Å².